The molecule has 0 bridgehead atoms. The van der Waals surface area contributed by atoms with Crippen LogP contribution in [-0.4, -0.2) is 41.8 Å². The summed E-state index contributed by atoms with van der Waals surface area (Å²) in [6, 6.07) is 35.2. The summed E-state index contributed by atoms with van der Waals surface area (Å²) in [4.78, 5) is 28.4. The summed E-state index contributed by atoms with van der Waals surface area (Å²) in [5.41, 5.74) is 1.95. The maximum atomic E-state index is 13.9. The van der Waals surface area contributed by atoms with Crippen LogP contribution in [0.15, 0.2) is 127 Å². The fraction of sp³-hybridized carbons (Fsp3) is 0.171. The molecule has 0 aliphatic carbocycles. The van der Waals surface area contributed by atoms with Gasteiger partial charge in [-0.1, -0.05) is 78.9 Å². The van der Waals surface area contributed by atoms with Gasteiger partial charge in [-0.05, 0) is 54.7 Å². The fourth-order valence-corrected chi connectivity index (χ4v) is 5.69. The quantitative estimate of drug-likeness (QED) is 0.166. The van der Waals surface area contributed by atoms with Crippen molar-refractivity contribution in [2.75, 3.05) is 11.5 Å². The predicted octanol–water partition coefficient (Wildman–Crippen LogP) is 5.75. The van der Waals surface area contributed by atoms with Crippen molar-refractivity contribution in [2.24, 2.45) is 0 Å². The van der Waals surface area contributed by atoms with E-state index in [-0.39, 0.29) is 17.3 Å². The minimum absolute atomic E-state index is 0.0294. The van der Waals surface area contributed by atoms with Gasteiger partial charge in [0.05, 0.1) is 12.3 Å². The van der Waals surface area contributed by atoms with Gasteiger partial charge in [0, 0.05) is 11.1 Å². The average Bonchev–Trinajstić information content (AvgIpc) is 3.08. The third kappa shape index (κ3) is 6.15. The van der Waals surface area contributed by atoms with Crippen LogP contribution in [0.4, 0.5) is 5.69 Å². The minimum Gasteiger partial charge on any atom is -0.457 e. The molecule has 4 aromatic rings. The van der Waals surface area contributed by atoms with Crippen molar-refractivity contribution in [3.63, 3.8) is 0 Å². The molecule has 3 aliphatic rings. The minimum atomic E-state index is -0.830. The second-order valence-corrected chi connectivity index (χ2v) is 11.0. The van der Waals surface area contributed by atoms with E-state index in [4.69, 9.17) is 35.9 Å². The SMILES string of the molecule is O=C1NC(=S)N(c2ccc(Oc3ccccc3)cc2)C(=O)/C1=C/C1OC(c2ccccc2)O[C@@H]2CO[C@@H](c3ccccc3)O[C@H]12. The molecule has 3 saturated heterocycles. The zero-order valence-electron chi connectivity index (χ0n) is 23.9. The largest absolute Gasteiger partial charge is 0.457 e. The number of nitrogens with zero attached hydrogens (tertiary/aromatic N) is 1. The third-order valence-corrected chi connectivity index (χ3v) is 7.90. The highest BCUT2D eigenvalue weighted by Gasteiger charge is 2.46. The van der Waals surface area contributed by atoms with Gasteiger partial charge in [0.25, 0.3) is 11.8 Å². The molecule has 0 aromatic heterocycles. The molecule has 7 rings (SSSR count). The number of nitrogens with one attached hydrogen (secondary N) is 1. The lowest BCUT2D eigenvalue weighted by Gasteiger charge is -2.45. The maximum Gasteiger partial charge on any atom is 0.269 e. The highest BCUT2D eigenvalue weighted by molar-refractivity contribution is 7.80. The zero-order valence-corrected chi connectivity index (χ0v) is 24.7. The molecule has 9 nitrogen and oxygen atoms in total. The molecule has 226 valence electrons. The second kappa shape index (κ2) is 12.7. The van der Waals surface area contributed by atoms with E-state index in [2.05, 4.69) is 5.32 Å². The Balaban J connectivity index is 1.18. The van der Waals surface area contributed by atoms with E-state index in [1.54, 1.807) is 24.3 Å². The second-order valence-electron chi connectivity index (χ2n) is 10.6. The Labute approximate surface area is 264 Å². The first-order valence-corrected chi connectivity index (χ1v) is 14.9. The number of carbonyl (C=O) groups is 2. The van der Waals surface area contributed by atoms with Crippen molar-refractivity contribution in [1.29, 1.82) is 0 Å². The van der Waals surface area contributed by atoms with Gasteiger partial charge >= 0.3 is 0 Å². The molecule has 45 heavy (non-hydrogen) atoms. The number of hydrogen-bond donors (Lipinski definition) is 1. The van der Waals surface area contributed by atoms with Crippen molar-refractivity contribution in [1.82, 2.24) is 5.32 Å². The Bertz CT molecular complexity index is 1720. The first-order chi connectivity index (χ1) is 22.0. The van der Waals surface area contributed by atoms with Crippen molar-refractivity contribution in [3.8, 4) is 11.5 Å². The zero-order chi connectivity index (χ0) is 30.8. The number of carbonyl (C=O) groups excluding carboxylic acids is 2. The van der Waals surface area contributed by atoms with Gasteiger partial charge in [-0.15, -0.1) is 0 Å². The molecular weight excluding hydrogens is 592 g/mol. The Kier molecular flexibility index (Phi) is 8.21. The van der Waals surface area contributed by atoms with Crippen LogP contribution in [0.1, 0.15) is 23.7 Å². The van der Waals surface area contributed by atoms with E-state index in [9.17, 15) is 9.59 Å². The Hall–Kier alpha value is -4.71. The van der Waals surface area contributed by atoms with Gasteiger partial charge in [-0.25, -0.2) is 0 Å². The summed E-state index contributed by atoms with van der Waals surface area (Å²) in [5, 5.41) is 2.62. The first kappa shape index (κ1) is 29.0. The number of ether oxygens (including phenoxy) is 5. The van der Waals surface area contributed by atoms with E-state index >= 15 is 0 Å². The van der Waals surface area contributed by atoms with Crippen LogP contribution in [0, 0.1) is 0 Å². The van der Waals surface area contributed by atoms with E-state index in [0.29, 0.717) is 17.2 Å². The van der Waals surface area contributed by atoms with Gasteiger partial charge in [0.2, 0.25) is 0 Å². The lowest BCUT2D eigenvalue weighted by atomic mass is 9.99. The van der Waals surface area contributed by atoms with E-state index in [1.807, 2.05) is 91.0 Å². The number of hydrogen-bond acceptors (Lipinski definition) is 8. The molecule has 0 saturated carbocycles. The van der Waals surface area contributed by atoms with Crippen LogP contribution in [0.2, 0.25) is 0 Å². The fourth-order valence-electron chi connectivity index (χ4n) is 5.41. The van der Waals surface area contributed by atoms with E-state index in [1.165, 1.54) is 11.0 Å². The number of rotatable bonds is 6. The van der Waals surface area contributed by atoms with Gasteiger partial charge < -0.3 is 23.7 Å². The maximum absolute atomic E-state index is 13.9. The standard InChI is InChI=1S/C35H28N2O7S/c38-31-27(32(39)37(35(45)36-31)24-16-18-26(19-17-24)41-25-14-8-3-9-15-25)20-28-30-29(43-34(42-28)23-12-6-2-7-13-23)21-40-33(44-30)22-10-4-1-5-11-22/h1-20,28-30,33-34H,21H2,(H,36,38,45)/b27-20+/t28?,29-,30-,33-,34?/m1/s1. The molecule has 2 unspecified atom stereocenters. The van der Waals surface area contributed by atoms with Crippen molar-refractivity contribution >= 4 is 34.8 Å². The Morgan fingerprint density at radius 1 is 0.733 bits per heavy atom. The Morgan fingerprint density at radius 2 is 1.33 bits per heavy atom. The third-order valence-electron chi connectivity index (χ3n) is 7.61. The number of para-hydroxylation sites is 1. The number of benzene rings is 4. The summed E-state index contributed by atoms with van der Waals surface area (Å²) >= 11 is 5.43. The van der Waals surface area contributed by atoms with Gasteiger partial charge in [-0.2, -0.15) is 0 Å². The lowest BCUT2D eigenvalue weighted by Crippen LogP contribution is -2.56. The van der Waals surface area contributed by atoms with Crippen LogP contribution < -0.4 is 15.0 Å². The predicted molar refractivity (Wildman–Crippen MR) is 168 cm³/mol. The van der Waals surface area contributed by atoms with Gasteiger partial charge in [0.15, 0.2) is 17.7 Å². The molecule has 10 heteroatoms. The normalized spacial score (nSPS) is 25.9. The smallest absolute Gasteiger partial charge is 0.269 e. The van der Waals surface area contributed by atoms with Crippen molar-refractivity contribution < 1.29 is 33.3 Å². The molecule has 4 aromatic carbocycles. The van der Waals surface area contributed by atoms with Crippen molar-refractivity contribution in [3.05, 3.63) is 138 Å². The first-order valence-electron chi connectivity index (χ1n) is 14.5. The van der Waals surface area contributed by atoms with Gasteiger partial charge in [0.1, 0.15) is 35.4 Å². The summed E-state index contributed by atoms with van der Waals surface area (Å²) in [5.74, 6) is 0.0500. The molecule has 0 spiro atoms. The molecule has 0 radical (unpaired) electrons. The van der Waals surface area contributed by atoms with Gasteiger partial charge in [-0.3, -0.25) is 19.8 Å². The topological polar surface area (TPSA) is 95.6 Å². The molecule has 2 amide bonds. The summed E-state index contributed by atoms with van der Waals surface area (Å²) in [7, 11) is 0. The van der Waals surface area contributed by atoms with Crippen LogP contribution in [0.25, 0.3) is 0 Å². The van der Waals surface area contributed by atoms with Crippen LogP contribution >= 0.6 is 12.2 Å². The molecule has 3 aliphatic heterocycles. The van der Waals surface area contributed by atoms with Crippen molar-refractivity contribution in [2.45, 2.75) is 30.9 Å². The number of thiocarbonyl (C=S) groups is 1. The van der Waals surface area contributed by atoms with Crippen LogP contribution in [0.3, 0.4) is 0 Å². The summed E-state index contributed by atoms with van der Waals surface area (Å²) in [6.45, 7) is 0.227. The molecule has 1 N–H and O–H groups in total. The van der Waals surface area contributed by atoms with E-state index < -0.39 is 42.7 Å². The highest BCUT2D eigenvalue weighted by atomic mass is 32.1. The summed E-state index contributed by atoms with van der Waals surface area (Å²) < 4.78 is 30.9. The van der Waals surface area contributed by atoms with Crippen LogP contribution in [-0.2, 0) is 28.5 Å². The monoisotopic (exact) mass is 620 g/mol. The lowest BCUT2D eigenvalue weighted by molar-refractivity contribution is -0.356. The molecular formula is C35H28N2O7S. The number of amides is 2. The van der Waals surface area contributed by atoms with Crippen LogP contribution in [0.5, 0.6) is 11.5 Å². The highest BCUT2D eigenvalue weighted by Crippen LogP contribution is 2.39. The molecule has 3 fully saturated rings. The number of fused-ring (bicyclic) bond motifs is 1. The average molecular weight is 621 g/mol. The van der Waals surface area contributed by atoms with E-state index in [0.717, 1.165) is 11.1 Å². The Morgan fingerprint density at radius 3 is 2.00 bits per heavy atom. The molecule has 5 atom stereocenters. The summed E-state index contributed by atoms with van der Waals surface area (Å²) in [6.07, 6.45) is -1.97. The molecule has 3 heterocycles. The number of anilines is 1.